The van der Waals surface area contributed by atoms with Crippen LogP contribution in [0.15, 0.2) is 22.8 Å². The second-order valence-corrected chi connectivity index (χ2v) is 2.62. The predicted molar refractivity (Wildman–Crippen MR) is 39.4 cm³/mol. The van der Waals surface area contributed by atoms with Crippen LogP contribution >= 0.6 is 0 Å². The number of aliphatic hydroxyl groups is 1. The summed E-state index contributed by atoms with van der Waals surface area (Å²) < 4.78 is 15.6. The molecule has 0 spiro atoms. The van der Waals surface area contributed by atoms with E-state index >= 15 is 0 Å². The van der Waals surface area contributed by atoms with Crippen LogP contribution in [0.2, 0.25) is 0 Å². The van der Waals surface area contributed by atoms with Crippen LogP contribution in [0, 0.1) is 0 Å². The minimum absolute atomic E-state index is 0.0167. The first kappa shape index (κ1) is 7.79. The molecule has 1 N–H and O–H groups in total. The van der Waals surface area contributed by atoms with Crippen molar-refractivity contribution in [3.05, 3.63) is 24.2 Å². The first-order valence-electron chi connectivity index (χ1n) is 3.81. The minimum Gasteiger partial charge on any atom is -0.464 e. The summed E-state index contributed by atoms with van der Waals surface area (Å²) in [6.07, 6.45) is 0.895. The molecule has 1 fully saturated rings. The second-order valence-electron chi connectivity index (χ2n) is 2.62. The van der Waals surface area contributed by atoms with E-state index in [1.165, 1.54) is 0 Å². The van der Waals surface area contributed by atoms with Gasteiger partial charge in [-0.3, -0.25) is 0 Å². The van der Waals surface area contributed by atoms with Crippen molar-refractivity contribution in [2.24, 2.45) is 0 Å². The normalized spacial score (nSPS) is 29.4. The second kappa shape index (κ2) is 3.26. The molecule has 0 unspecified atom stereocenters. The zero-order valence-corrected chi connectivity index (χ0v) is 6.47. The first-order chi connectivity index (χ1) is 5.90. The average Bonchev–Trinajstić information content (AvgIpc) is 2.75. The molecule has 2 heterocycles. The molecule has 0 aromatic carbocycles. The standard InChI is InChI=1S/C8H10O4/c9-4-6-5-11-8(12-6)7-2-1-3-10-7/h1-3,6,8-9H,4-5H2/t6-,8+/m0/s1. The van der Waals surface area contributed by atoms with Crippen molar-refractivity contribution in [2.75, 3.05) is 13.2 Å². The van der Waals surface area contributed by atoms with Gasteiger partial charge < -0.3 is 19.0 Å². The largest absolute Gasteiger partial charge is 0.464 e. The van der Waals surface area contributed by atoms with E-state index in [9.17, 15) is 0 Å². The summed E-state index contributed by atoms with van der Waals surface area (Å²) in [5.74, 6) is 0.644. The SMILES string of the molecule is OC[C@H]1CO[C@@H](c2ccco2)O1. The molecule has 1 aliphatic heterocycles. The maximum atomic E-state index is 8.75. The van der Waals surface area contributed by atoms with Crippen LogP contribution in [0.25, 0.3) is 0 Å². The van der Waals surface area contributed by atoms with E-state index in [-0.39, 0.29) is 12.7 Å². The number of hydrogen-bond acceptors (Lipinski definition) is 4. The van der Waals surface area contributed by atoms with Gasteiger partial charge in [0.25, 0.3) is 0 Å². The predicted octanol–water partition coefficient (Wildman–Crippen LogP) is 0.686. The Morgan fingerprint density at radius 3 is 3.08 bits per heavy atom. The van der Waals surface area contributed by atoms with Crippen molar-refractivity contribution in [2.45, 2.75) is 12.4 Å². The van der Waals surface area contributed by atoms with E-state index in [0.717, 1.165) is 0 Å². The Morgan fingerprint density at radius 1 is 1.58 bits per heavy atom. The third-order valence-electron chi connectivity index (χ3n) is 1.73. The fourth-order valence-electron chi connectivity index (χ4n) is 1.12. The Hall–Kier alpha value is -0.840. The lowest BCUT2D eigenvalue weighted by Gasteiger charge is -2.05. The van der Waals surface area contributed by atoms with Crippen LogP contribution < -0.4 is 0 Å². The highest BCUT2D eigenvalue weighted by molar-refractivity contribution is 5.00. The highest BCUT2D eigenvalue weighted by Gasteiger charge is 2.28. The molecule has 0 radical (unpaired) electrons. The fraction of sp³-hybridized carbons (Fsp3) is 0.500. The maximum absolute atomic E-state index is 8.75. The van der Waals surface area contributed by atoms with Crippen LogP contribution in [-0.2, 0) is 9.47 Å². The molecule has 66 valence electrons. The lowest BCUT2D eigenvalue weighted by atomic mass is 10.4. The molecule has 2 rings (SSSR count). The van der Waals surface area contributed by atoms with Crippen LogP contribution in [0.4, 0.5) is 0 Å². The van der Waals surface area contributed by atoms with Gasteiger partial charge in [-0.25, -0.2) is 0 Å². The molecule has 0 bridgehead atoms. The van der Waals surface area contributed by atoms with Crippen LogP contribution in [0.1, 0.15) is 12.1 Å². The number of furan rings is 1. The zero-order chi connectivity index (χ0) is 8.39. The molecule has 0 amide bonds. The summed E-state index contributed by atoms with van der Waals surface area (Å²) in [5, 5.41) is 8.75. The summed E-state index contributed by atoms with van der Waals surface area (Å²) in [6.45, 7) is 0.402. The van der Waals surface area contributed by atoms with E-state index in [1.54, 1.807) is 18.4 Å². The molecule has 1 aromatic heterocycles. The molecule has 1 saturated heterocycles. The molecular formula is C8H10O4. The molecule has 1 aromatic rings. The molecule has 12 heavy (non-hydrogen) atoms. The summed E-state index contributed by atoms with van der Waals surface area (Å²) in [4.78, 5) is 0. The summed E-state index contributed by atoms with van der Waals surface area (Å²) in [7, 11) is 0. The molecule has 2 atom stereocenters. The van der Waals surface area contributed by atoms with Crippen molar-refractivity contribution < 1.29 is 19.0 Å². The van der Waals surface area contributed by atoms with Gasteiger partial charge >= 0.3 is 0 Å². The van der Waals surface area contributed by atoms with E-state index in [0.29, 0.717) is 12.4 Å². The van der Waals surface area contributed by atoms with E-state index in [2.05, 4.69) is 0 Å². The zero-order valence-electron chi connectivity index (χ0n) is 6.47. The van der Waals surface area contributed by atoms with Crippen LogP contribution in [0.3, 0.4) is 0 Å². The Kier molecular flexibility index (Phi) is 2.12. The third kappa shape index (κ3) is 1.36. The fourth-order valence-corrected chi connectivity index (χ4v) is 1.12. The summed E-state index contributed by atoms with van der Waals surface area (Å²) in [6, 6.07) is 3.55. The quantitative estimate of drug-likeness (QED) is 0.709. The number of hydrogen-bond donors (Lipinski definition) is 1. The Balaban J connectivity index is 2.00. The molecular weight excluding hydrogens is 160 g/mol. The van der Waals surface area contributed by atoms with Crippen molar-refractivity contribution in [1.29, 1.82) is 0 Å². The van der Waals surface area contributed by atoms with Gasteiger partial charge in [-0.15, -0.1) is 0 Å². The minimum atomic E-state index is -0.447. The van der Waals surface area contributed by atoms with Crippen molar-refractivity contribution in [3.63, 3.8) is 0 Å². The Labute approximate surface area is 69.7 Å². The van der Waals surface area contributed by atoms with Gasteiger partial charge in [-0.1, -0.05) is 0 Å². The first-order valence-corrected chi connectivity index (χ1v) is 3.81. The maximum Gasteiger partial charge on any atom is 0.217 e. The van der Waals surface area contributed by atoms with E-state index in [1.807, 2.05) is 0 Å². The van der Waals surface area contributed by atoms with Gasteiger partial charge in [0.15, 0.2) is 5.76 Å². The monoisotopic (exact) mass is 170 g/mol. The van der Waals surface area contributed by atoms with Crippen LogP contribution in [0.5, 0.6) is 0 Å². The van der Waals surface area contributed by atoms with Gasteiger partial charge in [0, 0.05) is 0 Å². The Bertz CT molecular complexity index is 231. The molecule has 4 heteroatoms. The highest BCUT2D eigenvalue weighted by atomic mass is 16.7. The Morgan fingerprint density at radius 2 is 2.50 bits per heavy atom. The van der Waals surface area contributed by atoms with Gasteiger partial charge in [0.05, 0.1) is 19.5 Å². The molecule has 1 aliphatic rings. The van der Waals surface area contributed by atoms with Crippen molar-refractivity contribution >= 4 is 0 Å². The van der Waals surface area contributed by atoms with Gasteiger partial charge in [-0.05, 0) is 12.1 Å². The summed E-state index contributed by atoms with van der Waals surface area (Å²) >= 11 is 0. The van der Waals surface area contributed by atoms with Gasteiger partial charge in [-0.2, -0.15) is 0 Å². The number of aliphatic hydroxyl groups excluding tert-OH is 1. The van der Waals surface area contributed by atoms with Crippen LogP contribution in [-0.4, -0.2) is 24.4 Å². The average molecular weight is 170 g/mol. The third-order valence-corrected chi connectivity index (χ3v) is 1.73. The number of ether oxygens (including phenoxy) is 2. The van der Waals surface area contributed by atoms with Crippen molar-refractivity contribution in [1.82, 2.24) is 0 Å². The number of rotatable bonds is 2. The molecule has 0 saturated carbocycles. The van der Waals surface area contributed by atoms with E-state index in [4.69, 9.17) is 19.0 Å². The smallest absolute Gasteiger partial charge is 0.217 e. The van der Waals surface area contributed by atoms with Gasteiger partial charge in [0.1, 0.15) is 6.10 Å². The topological polar surface area (TPSA) is 51.8 Å². The molecule has 0 aliphatic carbocycles. The lowest BCUT2D eigenvalue weighted by molar-refractivity contribution is -0.0803. The lowest BCUT2D eigenvalue weighted by Crippen LogP contribution is -2.14. The highest BCUT2D eigenvalue weighted by Crippen LogP contribution is 2.26. The summed E-state index contributed by atoms with van der Waals surface area (Å²) in [5.41, 5.74) is 0. The van der Waals surface area contributed by atoms with Gasteiger partial charge in [0.2, 0.25) is 6.29 Å². The van der Waals surface area contributed by atoms with E-state index < -0.39 is 6.29 Å². The van der Waals surface area contributed by atoms with Crippen molar-refractivity contribution in [3.8, 4) is 0 Å². The molecule has 4 nitrogen and oxygen atoms in total.